The zero-order valence-corrected chi connectivity index (χ0v) is 25.1. The Morgan fingerprint density at radius 2 is 1.67 bits per heavy atom. The molecule has 0 radical (unpaired) electrons. The SMILES string of the molecule is CCCOC(=O)N[C@@H](C(=O)N1C[C@H](C(=N)N)C[C@H]1C(=O)NCC1CCCCC1)C(C)(C)SCC1CCCCC1. The van der Waals surface area contributed by atoms with Gasteiger partial charge in [0.2, 0.25) is 11.8 Å². The molecule has 2 aliphatic carbocycles. The van der Waals surface area contributed by atoms with Crippen molar-refractivity contribution in [2.45, 2.75) is 115 Å². The summed E-state index contributed by atoms with van der Waals surface area (Å²) < 4.78 is 4.67. The van der Waals surface area contributed by atoms with Crippen LogP contribution >= 0.6 is 11.8 Å². The molecule has 39 heavy (non-hydrogen) atoms. The van der Waals surface area contributed by atoms with Gasteiger partial charge in [-0.15, -0.1) is 0 Å². The first-order chi connectivity index (χ1) is 18.6. The molecule has 3 rings (SSSR count). The van der Waals surface area contributed by atoms with E-state index in [1.165, 1.54) is 51.4 Å². The van der Waals surface area contributed by atoms with E-state index >= 15 is 0 Å². The van der Waals surface area contributed by atoms with Crippen molar-refractivity contribution in [1.29, 1.82) is 5.41 Å². The van der Waals surface area contributed by atoms with Crippen LogP contribution < -0.4 is 16.4 Å². The molecule has 3 fully saturated rings. The number of carbonyl (C=O) groups is 3. The minimum Gasteiger partial charge on any atom is -0.450 e. The Balaban J connectivity index is 1.76. The molecule has 0 aromatic rings. The second-order valence-electron chi connectivity index (χ2n) is 12.3. The number of likely N-dealkylation sites (tertiary alicyclic amines) is 1. The number of thioether (sulfide) groups is 1. The number of amides is 3. The van der Waals surface area contributed by atoms with Crippen molar-refractivity contribution in [3.05, 3.63) is 0 Å². The van der Waals surface area contributed by atoms with E-state index < -0.39 is 22.9 Å². The van der Waals surface area contributed by atoms with E-state index in [-0.39, 0.29) is 36.7 Å². The number of nitrogens with one attached hydrogen (secondary N) is 3. The first-order valence-electron chi connectivity index (χ1n) is 15.1. The summed E-state index contributed by atoms with van der Waals surface area (Å²) in [5.41, 5.74) is 5.86. The number of alkyl carbamates (subject to hydrolysis) is 1. The van der Waals surface area contributed by atoms with Crippen LogP contribution in [0.1, 0.15) is 97.8 Å². The fourth-order valence-electron chi connectivity index (χ4n) is 6.13. The number of ether oxygens (including phenoxy) is 1. The predicted molar refractivity (Wildman–Crippen MR) is 157 cm³/mol. The normalized spacial score (nSPS) is 23.7. The number of nitrogens with zero attached hydrogens (tertiary/aromatic N) is 1. The minimum atomic E-state index is -0.880. The Morgan fingerprint density at radius 3 is 2.26 bits per heavy atom. The second kappa shape index (κ2) is 15.1. The van der Waals surface area contributed by atoms with Crippen LogP contribution in [0, 0.1) is 23.2 Å². The molecule has 9 nitrogen and oxygen atoms in total. The lowest BCUT2D eigenvalue weighted by molar-refractivity contribution is -0.140. The van der Waals surface area contributed by atoms with Crippen molar-refractivity contribution in [2.75, 3.05) is 25.4 Å². The predicted octanol–water partition coefficient (Wildman–Crippen LogP) is 4.43. The molecule has 1 saturated heterocycles. The molecule has 0 unspecified atom stereocenters. The van der Waals surface area contributed by atoms with Gasteiger partial charge in [0.1, 0.15) is 12.1 Å². The summed E-state index contributed by atoms with van der Waals surface area (Å²) in [7, 11) is 0. The third kappa shape index (κ3) is 9.29. The lowest BCUT2D eigenvalue weighted by Crippen LogP contribution is -2.60. The monoisotopic (exact) mass is 565 g/mol. The van der Waals surface area contributed by atoms with Crippen LogP contribution in [-0.4, -0.2) is 70.9 Å². The Bertz CT molecular complexity index is 842. The quantitative estimate of drug-likeness (QED) is 0.204. The summed E-state index contributed by atoms with van der Waals surface area (Å²) in [4.78, 5) is 41.9. The van der Waals surface area contributed by atoms with Crippen molar-refractivity contribution < 1.29 is 19.1 Å². The smallest absolute Gasteiger partial charge is 0.407 e. The van der Waals surface area contributed by atoms with E-state index in [4.69, 9.17) is 15.9 Å². The standard InChI is InChI=1S/C29H51N5O4S/c1-4-15-38-28(37)33-24(29(2,3)39-19-21-13-9-6-10-14-21)27(36)34-18-22(25(30)31)16-23(34)26(35)32-17-20-11-7-5-8-12-20/h20-24H,4-19H2,1-3H3,(H3,30,31)(H,32,35)(H,33,37)/t22-,23+,24+/m1/s1. The van der Waals surface area contributed by atoms with Crippen molar-refractivity contribution in [3.8, 4) is 0 Å². The highest BCUT2D eigenvalue weighted by Gasteiger charge is 2.47. The second-order valence-corrected chi connectivity index (χ2v) is 13.9. The lowest BCUT2D eigenvalue weighted by Gasteiger charge is -2.38. The molecule has 10 heteroatoms. The molecule has 1 heterocycles. The van der Waals surface area contributed by atoms with Crippen molar-refractivity contribution in [2.24, 2.45) is 23.5 Å². The van der Waals surface area contributed by atoms with Crippen molar-refractivity contribution in [3.63, 3.8) is 0 Å². The van der Waals surface area contributed by atoms with Crippen LogP contribution in [0.15, 0.2) is 0 Å². The first-order valence-corrected chi connectivity index (χ1v) is 16.1. The Morgan fingerprint density at radius 1 is 1.05 bits per heavy atom. The van der Waals surface area contributed by atoms with Crippen LogP contribution in [0.4, 0.5) is 4.79 Å². The van der Waals surface area contributed by atoms with E-state index in [0.717, 1.165) is 18.6 Å². The van der Waals surface area contributed by atoms with Gasteiger partial charge in [-0.3, -0.25) is 15.0 Å². The van der Waals surface area contributed by atoms with Gasteiger partial charge in [0.15, 0.2) is 0 Å². The van der Waals surface area contributed by atoms with Crippen LogP contribution in [0.3, 0.4) is 0 Å². The van der Waals surface area contributed by atoms with Gasteiger partial charge in [-0.1, -0.05) is 45.4 Å². The van der Waals surface area contributed by atoms with Gasteiger partial charge in [0.25, 0.3) is 0 Å². The molecular weight excluding hydrogens is 514 g/mol. The Hall–Kier alpha value is -1.97. The fourth-order valence-corrected chi connectivity index (χ4v) is 7.46. The number of carbonyl (C=O) groups excluding carboxylic acids is 3. The molecule has 3 atom stereocenters. The van der Waals surface area contributed by atoms with Gasteiger partial charge in [0, 0.05) is 23.8 Å². The summed E-state index contributed by atoms with van der Waals surface area (Å²) in [5, 5.41) is 14.0. The van der Waals surface area contributed by atoms with Gasteiger partial charge >= 0.3 is 6.09 Å². The average molecular weight is 566 g/mol. The van der Waals surface area contributed by atoms with Crippen LogP contribution in [0.5, 0.6) is 0 Å². The fraction of sp³-hybridized carbons (Fsp3) is 0.862. The minimum absolute atomic E-state index is 0.0202. The molecule has 3 amide bonds. The molecule has 0 aromatic heterocycles. The van der Waals surface area contributed by atoms with Crippen LogP contribution in [0.25, 0.3) is 0 Å². The summed E-state index contributed by atoms with van der Waals surface area (Å²) >= 11 is 1.71. The van der Waals surface area contributed by atoms with Crippen LogP contribution in [-0.2, 0) is 14.3 Å². The largest absolute Gasteiger partial charge is 0.450 e. The number of nitrogens with two attached hydrogens (primary N) is 1. The molecular formula is C29H51N5O4S. The topological polar surface area (TPSA) is 138 Å². The molecule has 222 valence electrons. The van der Waals surface area contributed by atoms with E-state index in [9.17, 15) is 14.4 Å². The van der Waals surface area contributed by atoms with E-state index in [2.05, 4.69) is 10.6 Å². The lowest BCUT2D eigenvalue weighted by atomic mass is 9.89. The van der Waals surface area contributed by atoms with Crippen LogP contribution in [0.2, 0.25) is 0 Å². The summed E-state index contributed by atoms with van der Waals surface area (Å²) in [6.45, 7) is 6.96. The number of amidine groups is 1. The van der Waals surface area contributed by atoms with Gasteiger partial charge in [-0.25, -0.2) is 4.79 Å². The number of rotatable bonds is 12. The Kier molecular flexibility index (Phi) is 12.3. The maximum atomic E-state index is 14.2. The third-order valence-corrected chi connectivity index (χ3v) is 10.3. The number of hydrogen-bond acceptors (Lipinski definition) is 6. The molecule has 2 saturated carbocycles. The molecule has 3 aliphatic rings. The van der Waals surface area contributed by atoms with Crippen molar-refractivity contribution >= 4 is 35.5 Å². The Labute approximate surface area is 239 Å². The molecule has 1 aliphatic heterocycles. The average Bonchev–Trinajstić information content (AvgIpc) is 3.39. The summed E-state index contributed by atoms with van der Waals surface area (Å²) in [6.07, 6.45) is 12.4. The van der Waals surface area contributed by atoms with Gasteiger partial charge in [0.05, 0.1) is 12.4 Å². The molecule has 0 aromatic carbocycles. The summed E-state index contributed by atoms with van der Waals surface area (Å²) in [6, 6.07) is -1.60. The zero-order valence-electron chi connectivity index (χ0n) is 24.3. The van der Waals surface area contributed by atoms with E-state index in [0.29, 0.717) is 31.2 Å². The molecule has 0 bridgehead atoms. The highest BCUT2D eigenvalue weighted by Crippen LogP contribution is 2.36. The highest BCUT2D eigenvalue weighted by atomic mass is 32.2. The summed E-state index contributed by atoms with van der Waals surface area (Å²) in [5.74, 6) is 1.08. The third-order valence-electron chi connectivity index (χ3n) is 8.67. The molecule has 0 spiro atoms. The van der Waals surface area contributed by atoms with E-state index in [1.54, 1.807) is 16.7 Å². The maximum absolute atomic E-state index is 14.2. The van der Waals surface area contributed by atoms with Gasteiger partial charge in [-0.2, -0.15) is 11.8 Å². The maximum Gasteiger partial charge on any atom is 0.407 e. The first kappa shape index (κ1) is 31.6. The highest BCUT2D eigenvalue weighted by molar-refractivity contribution is 8.00. The van der Waals surface area contributed by atoms with Gasteiger partial charge in [-0.05, 0) is 70.0 Å². The molecule has 5 N–H and O–H groups in total. The number of hydrogen-bond donors (Lipinski definition) is 4. The van der Waals surface area contributed by atoms with E-state index in [1.807, 2.05) is 20.8 Å². The van der Waals surface area contributed by atoms with Crippen molar-refractivity contribution in [1.82, 2.24) is 15.5 Å². The van der Waals surface area contributed by atoms with Gasteiger partial charge < -0.3 is 26.0 Å². The zero-order chi connectivity index (χ0) is 28.4.